The highest BCUT2D eigenvalue weighted by Crippen LogP contribution is 2.27. The first-order valence-corrected chi connectivity index (χ1v) is 7.49. The minimum absolute atomic E-state index is 0.0280. The van der Waals surface area contributed by atoms with Crippen molar-refractivity contribution in [2.45, 2.75) is 53.1 Å². The van der Waals surface area contributed by atoms with E-state index >= 15 is 0 Å². The molecule has 4 heteroatoms. The Morgan fingerprint density at radius 1 is 1.24 bits per heavy atom. The van der Waals surface area contributed by atoms with Gasteiger partial charge in [-0.2, -0.15) is 0 Å². The first-order chi connectivity index (χ1) is 9.99. The second-order valence-electron chi connectivity index (χ2n) is 5.14. The van der Waals surface area contributed by atoms with E-state index in [9.17, 15) is 4.79 Å². The molecule has 1 atom stereocenters. The van der Waals surface area contributed by atoms with E-state index in [0.717, 1.165) is 18.4 Å². The lowest BCUT2D eigenvalue weighted by Gasteiger charge is -2.18. The molecule has 1 N–H and O–H groups in total. The maximum Gasteiger partial charge on any atom is 0.170 e. The topological polar surface area (TPSA) is 59.4 Å². The molecule has 0 amide bonds. The lowest BCUT2D eigenvalue weighted by molar-refractivity contribution is -0.123. The maximum absolute atomic E-state index is 11.6. The van der Waals surface area contributed by atoms with Crippen LogP contribution in [0.3, 0.4) is 0 Å². The normalized spacial score (nSPS) is 11.8. The quantitative estimate of drug-likeness (QED) is 0.700. The Morgan fingerprint density at radius 3 is 2.48 bits per heavy atom. The predicted octanol–water partition coefficient (Wildman–Crippen LogP) is 4.00. The minimum atomic E-state index is -0.416. The van der Waals surface area contributed by atoms with E-state index in [1.807, 2.05) is 19.9 Å². The van der Waals surface area contributed by atoms with E-state index in [4.69, 9.17) is 14.9 Å². The molecule has 1 rings (SSSR count). The van der Waals surface area contributed by atoms with Gasteiger partial charge in [0.1, 0.15) is 11.5 Å². The molecule has 21 heavy (non-hydrogen) atoms. The van der Waals surface area contributed by atoms with Crippen molar-refractivity contribution in [1.82, 2.24) is 0 Å². The summed E-state index contributed by atoms with van der Waals surface area (Å²) < 4.78 is 11.5. The third-order valence-electron chi connectivity index (χ3n) is 3.10. The molecule has 0 saturated heterocycles. The van der Waals surface area contributed by atoms with Crippen molar-refractivity contribution in [1.29, 1.82) is 5.41 Å². The monoisotopic (exact) mass is 291 g/mol. The van der Waals surface area contributed by atoms with E-state index in [2.05, 4.69) is 0 Å². The fourth-order valence-corrected chi connectivity index (χ4v) is 1.99. The number of hydrogen-bond donors (Lipinski definition) is 1. The largest absolute Gasteiger partial charge is 0.493 e. The number of hydrogen-bond acceptors (Lipinski definition) is 4. The van der Waals surface area contributed by atoms with Crippen LogP contribution >= 0.6 is 0 Å². The van der Waals surface area contributed by atoms with Crippen LogP contribution in [0.15, 0.2) is 18.2 Å². The number of carbonyl (C=O) groups is 1. The van der Waals surface area contributed by atoms with Gasteiger partial charge >= 0.3 is 0 Å². The van der Waals surface area contributed by atoms with Crippen molar-refractivity contribution >= 4 is 11.5 Å². The Kier molecular flexibility index (Phi) is 6.92. The Morgan fingerprint density at radius 2 is 1.95 bits per heavy atom. The molecule has 0 aliphatic rings. The molecule has 0 radical (unpaired) electrons. The number of carbonyl (C=O) groups excluding carboxylic acids is 1. The van der Waals surface area contributed by atoms with Gasteiger partial charge in [0.05, 0.1) is 6.61 Å². The SMILES string of the molecule is CCCOc1cc(OC(CCC)C(C)=O)ccc1C(C)=N. The fourth-order valence-electron chi connectivity index (χ4n) is 1.99. The molecule has 0 spiro atoms. The van der Waals surface area contributed by atoms with E-state index in [-0.39, 0.29) is 5.78 Å². The Balaban J connectivity index is 2.97. The molecule has 0 heterocycles. The number of Topliss-reactive ketones (excluding diaryl/α,β-unsaturated/α-hetero) is 1. The predicted molar refractivity (Wildman–Crippen MR) is 84.7 cm³/mol. The van der Waals surface area contributed by atoms with Crippen LogP contribution < -0.4 is 9.47 Å². The number of ether oxygens (including phenoxy) is 2. The summed E-state index contributed by atoms with van der Waals surface area (Å²) in [6, 6.07) is 5.37. The summed E-state index contributed by atoms with van der Waals surface area (Å²) in [7, 11) is 0. The van der Waals surface area contributed by atoms with E-state index in [1.165, 1.54) is 0 Å². The standard InChI is InChI=1S/C17H25NO3/c1-5-7-16(13(4)19)21-14-8-9-15(12(3)18)17(11-14)20-10-6-2/h8-9,11,16,18H,5-7,10H2,1-4H3. The molecule has 0 fully saturated rings. The van der Waals surface area contributed by atoms with Crippen molar-refractivity contribution < 1.29 is 14.3 Å². The second kappa shape index (κ2) is 8.45. The molecule has 0 bridgehead atoms. The smallest absolute Gasteiger partial charge is 0.170 e. The summed E-state index contributed by atoms with van der Waals surface area (Å²) in [5.74, 6) is 1.28. The molecule has 0 aliphatic carbocycles. The van der Waals surface area contributed by atoms with Crippen molar-refractivity contribution in [2.75, 3.05) is 6.61 Å². The number of nitrogens with one attached hydrogen (secondary N) is 1. The fraction of sp³-hybridized carbons (Fsp3) is 0.529. The van der Waals surface area contributed by atoms with Crippen LogP contribution in [0.25, 0.3) is 0 Å². The second-order valence-corrected chi connectivity index (χ2v) is 5.14. The summed E-state index contributed by atoms with van der Waals surface area (Å²) in [5, 5.41) is 7.78. The molecule has 0 aromatic heterocycles. The van der Waals surface area contributed by atoms with Gasteiger partial charge in [0.25, 0.3) is 0 Å². The van der Waals surface area contributed by atoms with Crippen molar-refractivity contribution in [3.63, 3.8) is 0 Å². The Hall–Kier alpha value is -1.84. The van der Waals surface area contributed by atoms with Gasteiger partial charge in [-0.25, -0.2) is 0 Å². The molecule has 1 aromatic carbocycles. The average Bonchev–Trinajstić information content (AvgIpc) is 2.44. The van der Waals surface area contributed by atoms with Gasteiger partial charge in [0.15, 0.2) is 11.9 Å². The van der Waals surface area contributed by atoms with Crippen LogP contribution in [0.5, 0.6) is 11.5 Å². The van der Waals surface area contributed by atoms with Crippen molar-refractivity contribution in [3.05, 3.63) is 23.8 Å². The van der Waals surface area contributed by atoms with Crippen molar-refractivity contribution in [3.8, 4) is 11.5 Å². The summed E-state index contributed by atoms with van der Waals surface area (Å²) in [6.45, 7) is 7.92. The number of rotatable bonds is 9. The van der Waals surface area contributed by atoms with Crippen LogP contribution in [-0.2, 0) is 4.79 Å². The molecular weight excluding hydrogens is 266 g/mol. The van der Waals surface area contributed by atoms with Gasteiger partial charge in [-0.05, 0) is 38.8 Å². The highest BCUT2D eigenvalue weighted by atomic mass is 16.5. The van der Waals surface area contributed by atoms with Crippen LogP contribution in [0.1, 0.15) is 52.5 Å². The first kappa shape index (κ1) is 17.2. The van der Waals surface area contributed by atoms with Crippen LogP contribution in [0, 0.1) is 5.41 Å². The summed E-state index contributed by atoms with van der Waals surface area (Å²) >= 11 is 0. The highest BCUT2D eigenvalue weighted by Gasteiger charge is 2.16. The highest BCUT2D eigenvalue weighted by molar-refractivity contribution is 5.99. The average molecular weight is 291 g/mol. The lowest BCUT2D eigenvalue weighted by atomic mass is 10.1. The zero-order valence-corrected chi connectivity index (χ0v) is 13.4. The molecule has 1 unspecified atom stereocenters. The summed E-state index contributed by atoms with van der Waals surface area (Å²) in [6.07, 6.45) is 2.07. The van der Waals surface area contributed by atoms with Crippen LogP contribution in [0.4, 0.5) is 0 Å². The van der Waals surface area contributed by atoms with Crippen LogP contribution in [-0.4, -0.2) is 24.2 Å². The molecule has 0 aliphatic heterocycles. The lowest BCUT2D eigenvalue weighted by Crippen LogP contribution is -2.24. The van der Waals surface area contributed by atoms with Gasteiger partial charge in [0.2, 0.25) is 0 Å². The minimum Gasteiger partial charge on any atom is -0.493 e. The molecule has 4 nitrogen and oxygen atoms in total. The van der Waals surface area contributed by atoms with E-state index in [1.54, 1.807) is 26.0 Å². The van der Waals surface area contributed by atoms with E-state index in [0.29, 0.717) is 30.2 Å². The summed E-state index contributed by atoms with van der Waals surface area (Å²) in [5.41, 5.74) is 1.20. The van der Waals surface area contributed by atoms with Gasteiger partial charge < -0.3 is 14.9 Å². The van der Waals surface area contributed by atoms with Gasteiger partial charge in [0, 0.05) is 17.3 Å². The summed E-state index contributed by atoms with van der Waals surface area (Å²) in [4.78, 5) is 11.6. The van der Waals surface area contributed by atoms with Crippen LogP contribution in [0.2, 0.25) is 0 Å². The number of ketones is 1. The Bertz CT molecular complexity index is 497. The Labute approximate surface area is 127 Å². The van der Waals surface area contributed by atoms with Gasteiger partial charge in [-0.3, -0.25) is 4.79 Å². The maximum atomic E-state index is 11.6. The first-order valence-electron chi connectivity index (χ1n) is 7.49. The zero-order chi connectivity index (χ0) is 15.8. The van der Waals surface area contributed by atoms with Crippen molar-refractivity contribution in [2.24, 2.45) is 0 Å². The van der Waals surface area contributed by atoms with Gasteiger partial charge in [-0.15, -0.1) is 0 Å². The zero-order valence-electron chi connectivity index (χ0n) is 13.4. The van der Waals surface area contributed by atoms with Gasteiger partial charge in [-0.1, -0.05) is 20.3 Å². The third-order valence-corrected chi connectivity index (χ3v) is 3.10. The molecule has 0 saturated carbocycles. The third kappa shape index (κ3) is 5.21. The van der Waals surface area contributed by atoms with E-state index < -0.39 is 6.10 Å². The molecule has 116 valence electrons. The molecule has 1 aromatic rings. The molecular formula is C17H25NO3. The number of benzene rings is 1.